The van der Waals surface area contributed by atoms with E-state index in [1.807, 2.05) is 31.2 Å². The molecule has 20 heavy (non-hydrogen) atoms. The molecule has 3 rings (SSSR count). The van der Waals surface area contributed by atoms with E-state index >= 15 is 0 Å². The molecule has 5 heteroatoms. The predicted molar refractivity (Wildman–Crippen MR) is 71.8 cm³/mol. The summed E-state index contributed by atoms with van der Waals surface area (Å²) in [6.07, 6.45) is 2.63. The van der Waals surface area contributed by atoms with Crippen molar-refractivity contribution >= 4 is 0 Å². The first-order valence-corrected chi connectivity index (χ1v) is 6.75. The van der Waals surface area contributed by atoms with Crippen molar-refractivity contribution in [3.05, 3.63) is 47.3 Å². The largest absolute Gasteiger partial charge is 0.256 e. The molecular weight excluding hydrogens is 260 g/mol. The molecule has 106 valence electrons. The summed E-state index contributed by atoms with van der Waals surface area (Å²) in [6.45, 7) is 3.55. The van der Waals surface area contributed by atoms with Crippen molar-refractivity contribution in [3.63, 3.8) is 0 Å². The van der Waals surface area contributed by atoms with Crippen molar-refractivity contribution in [2.75, 3.05) is 0 Å². The second-order valence-corrected chi connectivity index (χ2v) is 5.76. The topological polar surface area (TPSA) is 30.7 Å². The molecule has 1 heterocycles. The molecule has 0 radical (unpaired) electrons. The van der Waals surface area contributed by atoms with E-state index in [1.165, 1.54) is 5.56 Å². The smallest absolute Gasteiger partial charge is 0.248 e. The van der Waals surface area contributed by atoms with Gasteiger partial charge in [0.25, 0.3) is 5.92 Å². The van der Waals surface area contributed by atoms with E-state index in [1.54, 1.807) is 10.9 Å². The van der Waals surface area contributed by atoms with Crippen LogP contribution in [0.3, 0.4) is 0 Å². The van der Waals surface area contributed by atoms with Gasteiger partial charge in [0.2, 0.25) is 0 Å². The van der Waals surface area contributed by atoms with Crippen molar-refractivity contribution in [1.29, 1.82) is 0 Å². The summed E-state index contributed by atoms with van der Waals surface area (Å²) < 4.78 is 28.9. The molecular formula is C15H17F2N3. The van der Waals surface area contributed by atoms with Gasteiger partial charge in [-0.25, -0.2) is 13.5 Å². The third-order valence-corrected chi connectivity index (χ3v) is 4.08. The molecule has 0 atom stereocenters. The van der Waals surface area contributed by atoms with Gasteiger partial charge in [-0.2, -0.15) is 0 Å². The summed E-state index contributed by atoms with van der Waals surface area (Å²) in [5.74, 6) is -2.74. The van der Waals surface area contributed by atoms with E-state index in [9.17, 15) is 8.78 Å². The molecule has 2 aromatic rings. The molecule has 0 bridgehead atoms. The Kier molecular flexibility index (Phi) is 2.88. The van der Waals surface area contributed by atoms with Gasteiger partial charge in [-0.05, 0) is 25.3 Å². The highest BCUT2D eigenvalue weighted by molar-refractivity contribution is 5.27. The molecule has 1 aliphatic rings. The van der Waals surface area contributed by atoms with Gasteiger partial charge < -0.3 is 0 Å². The van der Waals surface area contributed by atoms with E-state index in [-0.39, 0.29) is 0 Å². The van der Waals surface area contributed by atoms with Crippen molar-refractivity contribution in [3.8, 4) is 0 Å². The van der Waals surface area contributed by atoms with E-state index in [4.69, 9.17) is 0 Å². The van der Waals surface area contributed by atoms with Crippen molar-refractivity contribution < 1.29 is 8.78 Å². The fourth-order valence-corrected chi connectivity index (χ4v) is 2.52. The maximum Gasteiger partial charge on any atom is 0.256 e. The lowest BCUT2D eigenvalue weighted by molar-refractivity contribution is -0.0214. The molecule has 1 aromatic carbocycles. The van der Waals surface area contributed by atoms with E-state index in [2.05, 4.69) is 10.3 Å². The average molecular weight is 277 g/mol. The SMILES string of the molecule is Cc1ccc(Cn2cc(C3(C(C)(F)F)CC3)nn2)cc1. The Morgan fingerprint density at radius 2 is 1.90 bits per heavy atom. The van der Waals surface area contributed by atoms with Crippen LogP contribution in [0, 0.1) is 6.92 Å². The van der Waals surface area contributed by atoms with Gasteiger partial charge in [-0.1, -0.05) is 35.0 Å². The second-order valence-electron chi connectivity index (χ2n) is 5.76. The summed E-state index contributed by atoms with van der Waals surface area (Å²) in [4.78, 5) is 0. The molecule has 0 spiro atoms. The van der Waals surface area contributed by atoms with Gasteiger partial charge in [0.1, 0.15) is 0 Å². The van der Waals surface area contributed by atoms with E-state index < -0.39 is 11.3 Å². The van der Waals surface area contributed by atoms with Crippen LogP contribution in [-0.4, -0.2) is 20.9 Å². The Morgan fingerprint density at radius 1 is 1.25 bits per heavy atom. The number of benzene rings is 1. The number of rotatable bonds is 4. The van der Waals surface area contributed by atoms with Crippen molar-refractivity contribution in [1.82, 2.24) is 15.0 Å². The molecule has 3 nitrogen and oxygen atoms in total. The first kappa shape index (κ1) is 13.2. The Morgan fingerprint density at radius 3 is 2.45 bits per heavy atom. The van der Waals surface area contributed by atoms with Crippen LogP contribution >= 0.6 is 0 Å². The number of aromatic nitrogens is 3. The maximum atomic E-state index is 13.7. The van der Waals surface area contributed by atoms with Crippen molar-refractivity contribution in [2.24, 2.45) is 0 Å². The number of hydrogen-bond donors (Lipinski definition) is 0. The fraction of sp³-hybridized carbons (Fsp3) is 0.467. The lowest BCUT2D eigenvalue weighted by atomic mass is 9.96. The van der Waals surface area contributed by atoms with Crippen LogP contribution in [0.25, 0.3) is 0 Å². The standard InChI is InChI=1S/C15H17F2N3/c1-11-3-5-12(6-4-11)9-20-10-13(18-19-20)15(7-8-15)14(2,16)17/h3-6,10H,7-9H2,1-2H3. The number of aryl methyl sites for hydroxylation is 1. The first-order valence-electron chi connectivity index (χ1n) is 6.75. The number of hydrogen-bond acceptors (Lipinski definition) is 2. The average Bonchev–Trinajstić information content (AvgIpc) is 3.08. The molecule has 0 amide bonds. The van der Waals surface area contributed by atoms with Crippen LogP contribution in [0.15, 0.2) is 30.5 Å². The second kappa shape index (κ2) is 4.36. The molecule has 0 N–H and O–H groups in total. The van der Waals surface area contributed by atoms with Crippen LogP contribution in [0.2, 0.25) is 0 Å². The Hall–Kier alpha value is -1.78. The lowest BCUT2D eigenvalue weighted by Crippen LogP contribution is -2.30. The summed E-state index contributed by atoms with van der Waals surface area (Å²) in [6, 6.07) is 8.07. The molecule has 1 fully saturated rings. The predicted octanol–water partition coefficient (Wildman–Crippen LogP) is 3.32. The highest BCUT2D eigenvalue weighted by Gasteiger charge is 2.61. The molecule has 1 saturated carbocycles. The zero-order valence-corrected chi connectivity index (χ0v) is 11.6. The van der Waals surface area contributed by atoms with Gasteiger partial charge >= 0.3 is 0 Å². The number of alkyl halides is 2. The lowest BCUT2D eigenvalue weighted by Gasteiger charge is -2.19. The third kappa shape index (κ3) is 2.21. The monoisotopic (exact) mass is 277 g/mol. The summed E-state index contributed by atoms with van der Waals surface area (Å²) >= 11 is 0. The first-order chi connectivity index (χ1) is 9.41. The van der Waals surface area contributed by atoms with Gasteiger partial charge in [-0.3, -0.25) is 0 Å². The summed E-state index contributed by atoms with van der Waals surface area (Å²) in [5, 5.41) is 7.95. The molecule has 0 saturated heterocycles. The van der Waals surface area contributed by atoms with Crippen LogP contribution in [0.4, 0.5) is 8.78 Å². The number of nitrogens with zero attached hydrogens (tertiary/aromatic N) is 3. The zero-order chi connectivity index (χ0) is 14.4. The quantitative estimate of drug-likeness (QED) is 0.858. The minimum absolute atomic E-state index is 0.414. The van der Waals surface area contributed by atoms with E-state index in [0.29, 0.717) is 25.1 Å². The van der Waals surface area contributed by atoms with Gasteiger partial charge in [-0.15, -0.1) is 5.10 Å². The molecule has 1 aliphatic carbocycles. The molecule has 1 aromatic heterocycles. The van der Waals surface area contributed by atoms with Crippen LogP contribution in [-0.2, 0) is 12.0 Å². The van der Waals surface area contributed by atoms with Crippen LogP contribution in [0.5, 0.6) is 0 Å². The summed E-state index contributed by atoms with van der Waals surface area (Å²) in [7, 11) is 0. The third-order valence-electron chi connectivity index (χ3n) is 4.08. The molecule has 0 unspecified atom stereocenters. The van der Waals surface area contributed by atoms with Crippen LogP contribution in [0.1, 0.15) is 36.6 Å². The minimum Gasteiger partial charge on any atom is -0.248 e. The Balaban J connectivity index is 1.79. The maximum absolute atomic E-state index is 13.7. The van der Waals surface area contributed by atoms with Crippen LogP contribution < -0.4 is 0 Å². The summed E-state index contributed by atoms with van der Waals surface area (Å²) in [5.41, 5.74) is 1.60. The zero-order valence-electron chi connectivity index (χ0n) is 11.6. The van der Waals surface area contributed by atoms with Gasteiger partial charge in [0.05, 0.1) is 17.7 Å². The normalized spacial score (nSPS) is 17.2. The fourth-order valence-electron chi connectivity index (χ4n) is 2.52. The minimum atomic E-state index is -2.74. The molecule has 0 aliphatic heterocycles. The van der Waals surface area contributed by atoms with Gasteiger partial charge in [0, 0.05) is 13.1 Å². The number of halogens is 2. The Labute approximate surface area is 116 Å². The highest BCUT2D eigenvalue weighted by atomic mass is 19.3. The Bertz CT molecular complexity index is 607. The van der Waals surface area contributed by atoms with E-state index in [0.717, 1.165) is 12.5 Å². The van der Waals surface area contributed by atoms with Gasteiger partial charge in [0.15, 0.2) is 0 Å². The van der Waals surface area contributed by atoms with Crippen molar-refractivity contribution in [2.45, 2.75) is 44.6 Å². The highest BCUT2D eigenvalue weighted by Crippen LogP contribution is 2.57.